The van der Waals surface area contributed by atoms with Crippen molar-refractivity contribution in [3.63, 3.8) is 0 Å². The molecule has 5 rings (SSSR count). The Morgan fingerprint density at radius 3 is 2.32 bits per heavy atom. The molecule has 0 bridgehead atoms. The SMILES string of the molecule is Cc1cc(OCc2nc(-c3ccc(N4CCOCC4)cc3)c(-c3ccc(C(F)(F)F)cc3)s2)ccc1OCC(=O)O. The van der Waals surface area contributed by atoms with Crippen molar-refractivity contribution in [2.45, 2.75) is 19.7 Å². The molecule has 2 heterocycles. The van der Waals surface area contributed by atoms with Crippen molar-refractivity contribution in [3.05, 3.63) is 82.9 Å². The number of carboxylic acids is 1. The third kappa shape index (κ3) is 6.98. The minimum absolute atomic E-state index is 0.138. The Morgan fingerprint density at radius 1 is 1.00 bits per heavy atom. The summed E-state index contributed by atoms with van der Waals surface area (Å²) in [5.41, 5.74) is 3.21. The maximum atomic E-state index is 13.2. The molecule has 3 aromatic carbocycles. The van der Waals surface area contributed by atoms with Crippen LogP contribution >= 0.6 is 11.3 Å². The van der Waals surface area contributed by atoms with Crippen molar-refractivity contribution in [1.82, 2.24) is 4.98 Å². The normalized spacial score (nSPS) is 13.7. The van der Waals surface area contributed by atoms with E-state index in [1.54, 1.807) is 25.1 Å². The van der Waals surface area contributed by atoms with Crippen molar-refractivity contribution in [2.24, 2.45) is 0 Å². The van der Waals surface area contributed by atoms with Gasteiger partial charge in [-0.2, -0.15) is 13.2 Å². The molecule has 41 heavy (non-hydrogen) atoms. The van der Waals surface area contributed by atoms with Crippen LogP contribution in [0.1, 0.15) is 16.1 Å². The van der Waals surface area contributed by atoms with Gasteiger partial charge in [-0.15, -0.1) is 11.3 Å². The van der Waals surface area contributed by atoms with E-state index < -0.39 is 24.3 Å². The average Bonchev–Trinajstić information content (AvgIpc) is 3.40. The minimum Gasteiger partial charge on any atom is -0.486 e. The molecule has 1 N–H and O–H groups in total. The summed E-state index contributed by atoms with van der Waals surface area (Å²) in [7, 11) is 0. The molecule has 0 saturated carbocycles. The predicted octanol–water partition coefficient (Wildman–Crippen LogP) is 6.68. The van der Waals surface area contributed by atoms with E-state index in [2.05, 4.69) is 4.90 Å². The van der Waals surface area contributed by atoms with Gasteiger partial charge in [-0.3, -0.25) is 0 Å². The van der Waals surface area contributed by atoms with Crippen LogP contribution < -0.4 is 14.4 Å². The summed E-state index contributed by atoms with van der Waals surface area (Å²) in [6.45, 7) is 4.44. The number of rotatable bonds is 9. The first-order valence-electron chi connectivity index (χ1n) is 12.9. The van der Waals surface area contributed by atoms with Crippen LogP contribution in [0.25, 0.3) is 21.7 Å². The van der Waals surface area contributed by atoms with E-state index in [0.717, 1.165) is 46.9 Å². The summed E-state index contributed by atoms with van der Waals surface area (Å²) in [4.78, 5) is 18.6. The highest BCUT2D eigenvalue weighted by atomic mass is 32.1. The Kier molecular flexibility index (Phi) is 8.46. The first kappa shape index (κ1) is 28.4. The highest BCUT2D eigenvalue weighted by molar-refractivity contribution is 7.15. The molecule has 1 aromatic heterocycles. The van der Waals surface area contributed by atoms with Gasteiger partial charge in [0.1, 0.15) is 23.1 Å². The number of thiazole rings is 1. The number of aliphatic carboxylic acids is 1. The van der Waals surface area contributed by atoms with Gasteiger partial charge < -0.3 is 24.2 Å². The molecule has 0 amide bonds. The van der Waals surface area contributed by atoms with E-state index in [4.69, 9.17) is 24.3 Å². The number of alkyl halides is 3. The molecule has 1 aliphatic heterocycles. The largest absolute Gasteiger partial charge is 0.486 e. The second-order valence-electron chi connectivity index (χ2n) is 9.41. The second kappa shape index (κ2) is 12.2. The molecule has 1 saturated heterocycles. The summed E-state index contributed by atoms with van der Waals surface area (Å²) < 4.78 is 56.2. The number of carboxylic acid groups (broad SMARTS) is 1. The highest BCUT2D eigenvalue weighted by Gasteiger charge is 2.30. The van der Waals surface area contributed by atoms with Crippen LogP contribution in [0.15, 0.2) is 66.7 Å². The van der Waals surface area contributed by atoms with Gasteiger partial charge in [0, 0.05) is 24.3 Å². The lowest BCUT2D eigenvalue weighted by molar-refractivity contribution is -0.139. The number of halogens is 3. The number of nitrogens with zero attached hydrogens (tertiary/aromatic N) is 2. The number of anilines is 1. The van der Waals surface area contributed by atoms with Crippen LogP contribution in [0.3, 0.4) is 0 Å². The van der Waals surface area contributed by atoms with Gasteiger partial charge in [0.15, 0.2) is 6.61 Å². The number of carbonyl (C=O) groups is 1. The van der Waals surface area contributed by atoms with E-state index in [-0.39, 0.29) is 6.61 Å². The topological polar surface area (TPSA) is 81.1 Å². The first-order chi connectivity index (χ1) is 19.7. The van der Waals surface area contributed by atoms with Crippen LogP contribution in [0, 0.1) is 6.92 Å². The van der Waals surface area contributed by atoms with Gasteiger partial charge in [0.2, 0.25) is 0 Å². The molecular weight excluding hydrogens is 557 g/mol. The molecule has 11 heteroatoms. The lowest BCUT2D eigenvalue weighted by Gasteiger charge is -2.28. The summed E-state index contributed by atoms with van der Waals surface area (Å²) in [6.07, 6.45) is -4.42. The quantitative estimate of drug-likeness (QED) is 0.235. The van der Waals surface area contributed by atoms with Gasteiger partial charge in [-0.25, -0.2) is 9.78 Å². The standard InChI is InChI=1S/C30H27F3N2O5S/c1-19-16-24(10-11-25(19)40-18-27(36)37)39-17-26-34-28(20-4-8-23(9-5-20)35-12-14-38-15-13-35)29(41-26)21-2-6-22(7-3-21)30(31,32)33/h2-11,16H,12-15,17-18H2,1H3,(H,36,37). The molecule has 0 atom stereocenters. The van der Waals surface area contributed by atoms with Crippen LogP contribution in [0.4, 0.5) is 18.9 Å². The van der Waals surface area contributed by atoms with Crippen molar-refractivity contribution >= 4 is 23.0 Å². The smallest absolute Gasteiger partial charge is 0.416 e. The third-order valence-electron chi connectivity index (χ3n) is 6.52. The number of morpholine rings is 1. The Balaban J connectivity index is 1.40. The van der Waals surface area contributed by atoms with Crippen LogP contribution in [0.2, 0.25) is 0 Å². The molecule has 7 nitrogen and oxygen atoms in total. The Hall–Kier alpha value is -4.09. The number of ether oxygens (including phenoxy) is 3. The summed E-state index contributed by atoms with van der Waals surface area (Å²) >= 11 is 1.36. The molecule has 214 valence electrons. The monoisotopic (exact) mass is 584 g/mol. The fourth-order valence-electron chi connectivity index (χ4n) is 4.44. The fraction of sp³-hybridized carbons (Fsp3) is 0.267. The van der Waals surface area contributed by atoms with E-state index in [1.165, 1.54) is 23.5 Å². The number of benzene rings is 3. The highest BCUT2D eigenvalue weighted by Crippen LogP contribution is 2.39. The summed E-state index contributed by atoms with van der Waals surface area (Å²) in [5.74, 6) is -0.0712. The lowest BCUT2D eigenvalue weighted by Crippen LogP contribution is -2.36. The van der Waals surface area contributed by atoms with Crippen molar-refractivity contribution in [1.29, 1.82) is 0 Å². The molecular formula is C30H27F3N2O5S. The van der Waals surface area contributed by atoms with Gasteiger partial charge in [-0.05, 0) is 60.5 Å². The summed E-state index contributed by atoms with van der Waals surface area (Å²) in [6, 6.07) is 18.1. The molecule has 0 radical (unpaired) electrons. The van der Waals surface area contributed by atoms with Gasteiger partial charge >= 0.3 is 12.1 Å². The summed E-state index contributed by atoms with van der Waals surface area (Å²) in [5, 5.41) is 9.48. The maximum absolute atomic E-state index is 13.2. The predicted molar refractivity (Wildman–Crippen MR) is 150 cm³/mol. The Bertz CT molecular complexity index is 1500. The van der Waals surface area contributed by atoms with E-state index >= 15 is 0 Å². The Morgan fingerprint density at radius 2 is 1.68 bits per heavy atom. The first-order valence-corrected chi connectivity index (χ1v) is 13.7. The van der Waals surface area contributed by atoms with Crippen LogP contribution in [-0.2, 0) is 22.3 Å². The molecule has 1 aliphatic rings. The van der Waals surface area contributed by atoms with Gasteiger partial charge in [-0.1, -0.05) is 24.3 Å². The zero-order chi connectivity index (χ0) is 29.0. The number of hydrogen-bond acceptors (Lipinski definition) is 7. The zero-order valence-electron chi connectivity index (χ0n) is 22.1. The van der Waals surface area contributed by atoms with E-state index in [1.807, 2.05) is 24.3 Å². The van der Waals surface area contributed by atoms with Crippen LogP contribution in [0.5, 0.6) is 11.5 Å². The molecule has 0 aliphatic carbocycles. The molecule has 0 spiro atoms. The maximum Gasteiger partial charge on any atom is 0.416 e. The van der Waals surface area contributed by atoms with Crippen molar-refractivity contribution < 1.29 is 37.3 Å². The molecule has 0 unspecified atom stereocenters. The molecule has 1 fully saturated rings. The number of hydrogen-bond donors (Lipinski definition) is 1. The van der Waals surface area contributed by atoms with Crippen molar-refractivity contribution in [2.75, 3.05) is 37.8 Å². The zero-order valence-corrected chi connectivity index (χ0v) is 22.9. The minimum atomic E-state index is -4.42. The van der Waals surface area contributed by atoms with Gasteiger partial charge in [0.05, 0.1) is 29.3 Å². The van der Waals surface area contributed by atoms with Crippen molar-refractivity contribution in [3.8, 4) is 33.2 Å². The Labute approximate surface area is 238 Å². The molecule has 4 aromatic rings. The lowest BCUT2D eigenvalue weighted by atomic mass is 10.0. The van der Waals surface area contributed by atoms with Gasteiger partial charge in [0.25, 0.3) is 0 Å². The van der Waals surface area contributed by atoms with E-state index in [0.29, 0.717) is 41.0 Å². The second-order valence-corrected chi connectivity index (χ2v) is 10.5. The van der Waals surface area contributed by atoms with E-state index in [9.17, 15) is 18.0 Å². The fourth-order valence-corrected chi connectivity index (χ4v) is 5.44. The average molecular weight is 585 g/mol. The number of aryl methyl sites for hydroxylation is 1. The van der Waals surface area contributed by atoms with Crippen LogP contribution in [-0.4, -0.2) is 49.0 Å². The third-order valence-corrected chi connectivity index (χ3v) is 7.60. The number of aromatic nitrogens is 1.